The Morgan fingerprint density at radius 3 is 2.12 bits per heavy atom. The van der Waals surface area contributed by atoms with E-state index in [0.29, 0.717) is 5.02 Å². The van der Waals surface area contributed by atoms with E-state index in [1.165, 1.54) is 36.4 Å². The van der Waals surface area contributed by atoms with Crippen LogP contribution >= 0.6 is 11.6 Å². The lowest BCUT2D eigenvalue weighted by molar-refractivity contribution is -0.128. The number of rotatable bonds is 11. The Morgan fingerprint density at radius 2 is 1.53 bits per heavy atom. The van der Waals surface area contributed by atoms with Crippen LogP contribution in [0, 0.1) is 0 Å². The summed E-state index contributed by atoms with van der Waals surface area (Å²) < 4.78 is 33.1. The molecule has 1 unspecified atom stereocenters. The SMILES string of the molecule is NC(=O)C(COCc1ccccc1)NC(=O)CN(c1ccc(Cl)cc1)S(=O)(=O)c1ccccc1. The van der Waals surface area contributed by atoms with Gasteiger partial charge in [0.05, 0.1) is 23.8 Å². The molecule has 0 radical (unpaired) electrons. The van der Waals surface area contributed by atoms with Crippen LogP contribution in [0.2, 0.25) is 5.02 Å². The minimum absolute atomic E-state index is 0.00963. The molecule has 0 bridgehead atoms. The summed E-state index contributed by atoms with van der Waals surface area (Å²) in [4.78, 5) is 24.7. The maximum atomic E-state index is 13.3. The summed E-state index contributed by atoms with van der Waals surface area (Å²) in [5.41, 5.74) is 6.54. The van der Waals surface area contributed by atoms with Crippen molar-refractivity contribution < 1.29 is 22.7 Å². The standard InChI is InChI=1S/C24H24ClN3O5S/c25-19-11-13-20(14-12-19)28(34(31,32)21-9-5-2-6-10-21)15-23(29)27-22(24(26)30)17-33-16-18-7-3-1-4-8-18/h1-14,22H,15-17H2,(H2,26,30)(H,27,29). The minimum Gasteiger partial charge on any atom is -0.374 e. The summed E-state index contributed by atoms with van der Waals surface area (Å²) in [6.07, 6.45) is 0. The summed E-state index contributed by atoms with van der Waals surface area (Å²) in [5.74, 6) is -1.52. The summed E-state index contributed by atoms with van der Waals surface area (Å²) in [6, 6.07) is 21.9. The molecule has 0 saturated carbocycles. The van der Waals surface area contributed by atoms with Gasteiger partial charge in [0.15, 0.2) is 0 Å². The molecule has 8 nitrogen and oxygen atoms in total. The maximum absolute atomic E-state index is 13.3. The number of hydrogen-bond donors (Lipinski definition) is 2. The Balaban J connectivity index is 1.74. The van der Waals surface area contributed by atoms with Gasteiger partial charge in [0, 0.05) is 5.02 Å². The van der Waals surface area contributed by atoms with Gasteiger partial charge in [0.1, 0.15) is 12.6 Å². The number of halogens is 1. The zero-order chi connectivity index (χ0) is 24.6. The lowest BCUT2D eigenvalue weighted by atomic mass is 10.2. The van der Waals surface area contributed by atoms with Crippen molar-refractivity contribution in [2.24, 2.45) is 5.73 Å². The van der Waals surface area contributed by atoms with Crippen LogP contribution in [0.3, 0.4) is 0 Å². The minimum atomic E-state index is -4.09. The molecule has 3 N–H and O–H groups in total. The van der Waals surface area contributed by atoms with Crippen molar-refractivity contribution >= 4 is 39.1 Å². The Hall–Kier alpha value is -3.40. The second-order valence-corrected chi connectivity index (χ2v) is 9.62. The quantitative estimate of drug-likeness (QED) is 0.418. The molecule has 0 fully saturated rings. The van der Waals surface area contributed by atoms with Gasteiger partial charge in [0.2, 0.25) is 11.8 Å². The van der Waals surface area contributed by atoms with Crippen molar-refractivity contribution in [1.82, 2.24) is 5.32 Å². The van der Waals surface area contributed by atoms with Gasteiger partial charge in [-0.2, -0.15) is 0 Å². The van der Waals surface area contributed by atoms with Gasteiger partial charge in [-0.1, -0.05) is 60.1 Å². The van der Waals surface area contributed by atoms with E-state index in [9.17, 15) is 18.0 Å². The van der Waals surface area contributed by atoms with Gasteiger partial charge in [0.25, 0.3) is 10.0 Å². The molecule has 34 heavy (non-hydrogen) atoms. The average Bonchev–Trinajstić information content (AvgIpc) is 2.83. The molecule has 0 heterocycles. The number of nitrogens with one attached hydrogen (secondary N) is 1. The van der Waals surface area contributed by atoms with Gasteiger partial charge in [-0.15, -0.1) is 0 Å². The molecule has 3 aromatic rings. The number of anilines is 1. The van der Waals surface area contributed by atoms with Crippen molar-refractivity contribution in [3.63, 3.8) is 0 Å². The molecule has 0 aromatic heterocycles. The van der Waals surface area contributed by atoms with Gasteiger partial charge >= 0.3 is 0 Å². The molecular formula is C24H24ClN3O5S. The van der Waals surface area contributed by atoms with Crippen LogP contribution in [-0.4, -0.2) is 39.4 Å². The Bertz CT molecular complexity index is 1210. The summed E-state index contributed by atoms with van der Waals surface area (Å²) in [5, 5.41) is 2.88. The number of benzene rings is 3. The first-order valence-electron chi connectivity index (χ1n) is 10.3. The lowest BCUT2D eigenvalue weighted by Crippen LogP contribution is -2.51. The largest absolute Gasteiger partial charge is 0.374 e. The number of primary amides is 1. The highest BCUT2D eigenvalue weighted by molar-refractivity contribution is 7.92. The van der Waals surface area contributed by atoms with E-state index in [1.54, 1.807) is 18.2 Å². The highest BCUT2D eigenvalue weighted by Crippen LogP contribution is 2.25. The number of hydrogen-bond acceptors (Lipinski definition) is 5. The molecule has 0 spiro atoms. The highest BCUT2D eigenvalue weighted by Gasteiger charge is 2.28. The molecule has 3 rings (SSSR count). The monoisotopic (exact) mass is 501 g/mol. The smallest absolute Gasteiger partial charge is 0.264 e. The van der Waals surface area contributed by atoms with Gasteiger partial charge in [-0.3, -0.25) is 13.9 Å². The van der Waals surface area contributed by atoms with E-state index in [0.717, 1.165) is 9.87 Å². The lowest BCUT2D eigenvalue weighted by Gasteiger charge is -2.25. The zero-order valence-electron chi connectivity index (χ0n) is 18.1. The third-order valence-corrected chi connectivity index (χ3v) is 6.85. The summed E-state index contributed by atoms with van der Waals surface area (Å²) >= 11 is 5.94. The van der Waals surface area contributed by atoms with Gasteiger partial charge in [-0.25, -0.2) is 8.42 Å². The van der Waals surface area contributed by atoms with Crippen LogP contribution in [-0.2, 0) is 31.0 Å². The Labute approximate surface area is 203 Å². The number of amides is 2. The van der Waals surface area contributed by atoms with Crippen LogP contribution in [0.5, 0.6) is 0 Å². The first kappa shape index (κ1) is 25.2. The number of sulfonamides is 1. The molecular weight excluding hydrogens is 478 g/mol. The van der Waals surface area contributed by atoms with Crippen LogP contribution in [0.15, 0.2) is 89.8 Å². The fraction of sp³-hybridized carbons (Fsp3) is 0.167. The second kappa shape index (κ2) is 11.6. The van der Waals surface area contributed by atoms with Gasteiger partial charge in [-0.05, 0) is 42.0 Å². The maximum Gasteiger partial charge on any atom is 0.264 e. The van der Waals surface area contributed by atoms with E-state index < -0.39 is 34.4 Å². The molecule has 0 saturated heterocycles. The zero-order valence-corrected chi connectivity index (χ0v) is 19.7. The first-order chi connectivity index (χ1) is 16.3. The Morgan fingerprint density at radius 1 is 0.941 bits per heavy atom. The van der Waals surface area contributed by atoms with E-state index in [4.69, 9.17) is 22.1 Å². The summed E-state index contributed by atoms with van der Waals surface area (Å²) in [6.45, 7) is -0.524. The van der Waals surface area contributed by atoms with E-state index in [-0.39, 0.29) is 23.8 Å². The fourth-order valence-corrected chi connectivity index (χ4v) is 4.64. The highest BCUT2D eigenvalue weighted by atomic mass is 35.5. The molecule has 0 aliphatic carbocycles. The van der Waals surface area contributed by atoms with Crippen LogP contribution < -0.4 is 15.4 Å². The molecule has 0 aliphatic heterocycles. The van der Waals surface area contributed by atoms with Crippen LogP contribution in [0.1, 0.15) is 5.56 Å². The fourth-order valence-electron chi connectivity index (χ4n) is 3.08. The third-order valence-electron chi connectivity index (χ3n) is 4.81. The van der Waals surface area contributed by atoms with E-state index in [2.05, 4.69) is 5.32 Å². The van der Waals surface area contributed by atoms with Crippen molar-refractivity contribution in [3.8, 4) is 0 Å². The first-order valence-corrected chi connectivity index (χ1v) is 12.1. The molecule has 178 valence electrons. The molecule has 10 heteroatoms. The normalized spacial score (nSPS) is 12.0. The number of carbonyl (C=O) groups is 2. The van der Waals surface area contributed by atoms with Gasteiger partial charge < -0.3 is 15.8 Å². The number of nitrogens with two attached hydrogens (primary N) is 1. The predicted molar refractivity (Wildman–Crippen MR) is 130 cm³/mol. The topological polar surface area (TPSA) is 119 Å². The van der Waals surface area contributed by atoms with Crippen molar-refractivity contribution in [2.75, 3.05) is 17.5 Å². The van der Waals surface area contributed by atoms with Crippen molar-refractivity contribution in [3.05, 3.63) is 95.5 Å². The van der Waals surface area contributed by atoms with Crippen molar-refractivity contribution in [1.29, 1.82) is 0 Å². The van der Waals surface area contributed by atoms with Crippen molar-refractivity contribution in [2.45, 2.75) is 17.5 Å². The molecule has 1 atom stereocenters. The average molecular weight is 502 g/mol. The Kier molecular flexibility index (Phi) is 8.64. The molecule has 2 amide bonds. The van der Waals surface area contributed by atoms with E-state index in [1.807, 2.05) is 30.3 Å². The van der Waals surface area contributed by atoms with Crippen LogP contribution in [0.25, 0.3) is 0 Å². The molecule has 3 aromatic carbocycles. The third kappa shape index (κ3) is 6.80. The second-order valence-electron chi connectivity index (χ2n) is 7.32. The molecule has 0 aliphatic rings. The number of carbonyl (C=O) groups excluding carboxylic acids is 2. The number of ether oxygens (including phenoxy) is 1. The summed E-state index contributed by atoms with van der Waals surface area (Å²) in [7, 11) is -4.09. The number of nitrogens with zero attached hydrogens (tertiary/aromatic N) is 1. The van der Waals surface area contributed by atoms with E-state index >= 15 is 0 Å². The van der Waals surface area contributed by atoms with Crippen LogP contribution in [0.4, 0.5) is 5.69 Å². The predicted octanol–water partition coefficient (Wildman–Crippen LogP) is 2.72.